The van der Waals surface area contributed by atoms with Crippen LogP contribution in [0.25, 0.3) is 28.0 Å². The van der Waals surface area contributed by atoms with E-state index in [1.807, 2.05) is 89.3 Å². The first-order chi connectivity index (χ1) is 17.7. The number of methoxy groups -OCH3 is 1. The van der Waals surface area contributed by atoms with Gasteiger partial charge in [0.2, 0.25) is 5.78 Å². The van der Waals surface area contributed by atoms with E-state index in [1.54, 1.807) is 11.7 Å². The number of nitrogens with zero attached hydrogens (tertiary/aromatic N) is 5. The number of ether oxygens (including phenoxy) is 1. The van der Waals surface area contributed by atoms with Gasteiger partial charge in [-0.25, -0.2) is 0 Å². The van der Waals surface area contributed by atoms with Crippen molar-refractivity contribution < 1.29 is 9.26 Å². The van der Waals surface area contributed by atoms with Gasteiger partial charge in [-0.3, -0.25) is 13.8 Å². The molecule has 36 heavy (non-hydrogen) atoms. The van der Waals surface area contributed by atoms with Crippen LogP contribution in [0.4, 0.5) is 0 Å². The molecule has 0 atom stereocenters. The van der Waals surface area contributed by atoms with Crippen molar-refractivity contribution in [3.05, 3.63) is 107 Å². The van der Waals surface area contributed by atoms with E-state index in [0.717, 1.165) is 22.3 Å². The van der Waals surface area contributed by atoms with Gasteiger partial charge in [0.05, 0.1) is 30.3 Å². The molecule has 0 saturated heterocycles. The Labute approximate surface area is 210 Å². The second kappa shape index (κ2) is 9.35. The number of hydrogen-bond acceptors (Lipinski definition) is 7. The summed E-state index contributed by atoms with van der Waals surface area (Å²) in [5, 5.41) is 14.3. The maximum atomic E-state index is 13.5. The molecule has 0 bridgehead atoms. The fourth-order valence-electron chi connectivity index (χ4n) is 4.23. The van der Waals surface area contributed by atoms with Crippen molar-refractivity contribution in [3.8, 4) is 17.1 Å². The lowest BCUT2D eigenvalue weighted by molar-refractivity contribution is 0.408. The van der Waals surface area contributed by atoms with E-state index in [9.17, 15) is 4.79 Å². The van der Waals surface area contributed by atoms with Crippen molar-refractivity contribution in [2.75, 3.05) is 7.11 Å². The number of thioether (sulfide) groups is 1. The summed E-state index contributed by atoms with van der Waals surface area (Å²) in [4.78, 5) is 13.5. The summed E-state index contributed by atoms with van der Waals surface area (Å²) in [6.07, 6.45) is 0. The molecule has 3 aromatic carbocycles. The van der Waals surface area contributed by atoms with Crippen LogP contribution in [0.1, 0.15) is 11.3 Å². The van der Waals surface area contributed by atoms with Crippen molar-refractivity contribution in [2.45, 2.75) is 17.5 Å². The fourth-order valence-corrected chi connectivity index (χ4v) is 5.05. The molecule has 0 radical (unpaired) electrons. The lowest BCUT2D eigenvalue weighted by Gasteiger charge is -2.13. The monoisotopic (exact) mass is 495 g/mol. The van der Waals surface area contributed by atoms with E-state index in [0.29, 0.717) is 40.1 Å². The van der Waals surface area contributed by atoms with Gasteiger partial charge in [-0.15, -0.1) is 10.2 Å². The average molecular weight is 496 g/mol. The molecule has 9 heteroatoms. The third-order valence-corrected chi connectivity index (χ3v) is 6.93. The Kier molecular flexibility index (Phi) is 5.74. The third kappa shape index (κ3) is 3.93. The summed E-state index contributed by atoms with van der Waals surface area (Å²) in [6.45, 7) is 0.309. The van der Waals surface area contributed by atoms with Gasteiger partial charge in [0.1, 0.15) is 5.75 Å². The zero-order valence-corrected chi connectivity index (χ0v) is 20.2. The quantitative estimate of drug-likeness (QED) is 0.287. The molecule has 6 aromatic rings. The van der Waals surface area contributed by atoms with Gasteiger partial charge in [0.25, 0.3) is 5.56 Å². The van der Waals surface area contributed by atoms with Gasteiger partial charge in [0.15, 0.2) is 10.9 Å². The molecule has 0 unspecified atom stereocenters. The number of rotatable bonds is 7. The van der Waals surface area contributed by atoms with E-state index in [4.69, 9.17) is 9.26 Å². The number of para-hydroxylation sites is 2. The average Bonchev–Trinajstić information content (AvgIpc) is 3.58. The van der Waals surface area contributed by atoms with Gasteiger partial charge >= 0.3 is 0 Å². The summed E-state index contributed by atoms with van der Waals surface area (Å²) in [7, 11) is 1.62. The molecular weight excluding hydrogens is 474 g/mol. The molecule has 0 aliphatic rings. The topological polar surface area (TPSA) is 87.5 Å². The molecule has 0 fully saturated rings. The van der Waals surface area contributed by atoms with Gasteiger partial charge < -0.3 is 9.26 Å². The Morgan fingerprint density at radius 2 is 1.72 bits per heavy atom. The molecule has 3 heterocycles. The van der Waals surface area contributed by atoms with Crippen LogP contribution in [0, 0.1) is 0 Å². The van der Waals surface area contributed by atoms with Gasteiger partial charge in [0, 0.05) is 22.9 Å². The van der Waals surface area contributed by atoms with Crippen LogP contribution in [0.15, 0.2) is 99.4 Å². The van der Waals surface area contributed by atoms with Crippen molar-refractivity contribution in [2.24, 2.45) is 0 Å². The maximum Gasteiger partial charge on any atom is 0.263 e. The van der Waals surface area contributed by atoms with E-state index >= 15 is 0 Å². The smallest absolute Gasteiger partial charge is 0.263 e. The highest BCUT2D eigenvalue weighted by atomic mass is 32.2. The van der Waals surface area contributed by atoms with Crippen LogP contribution < -0.4 is 10.3 Å². The Morgan fingerprint density at radius 3 is 2.58 bits per heavy atom. The number of benzene rings is 3. The van der Waals surface area contributed by atoms with Gasteiger partial charge in [-0.1, -0.05) is 77.6 Å². The van der Waals surface area contributed by atoms with Crippen LogP contribution >= 0.6 is 11.8 Å². The highest BCUT2D eigenvalue weighted by molar-refractivity contribution is 7.98. The highest BCUT2D eigenvalue weighted by Crippen LogP contribution is 2.27. The summed E-state index contributed by atoms with van der Waals surface area (Å²) in [5.41, 5.74) is 3.28. The molecular formula is C27H21N5O3S. The Hall–Kier alpha value is -4.37. The van der Waals surface area contributed by atoms with Gasteiger partial charge in [-0.2, -0.15) is 0 Å². The van der Waals surface area contributed by atoms with E-state index in [2.05, 4.69) is 15.4 Å². The molecule has 178 valence electrons. The second-order valence-electron chi connectivity index (χ2n) is 8.18. The lowest BCUT2D eigenvalue weighted by atomic mass is 10.2. The van der Waals surface area contributed by atoms with Crippen molar-refractivity contribution in [1.29, 1.82) is 0 Å². The Bertz CT molecular complexity index is 1740. The maximum absolute atomic E-state index is 13.5. The van der Waals surface area contributed by atoms with Crippen LogP contribution in [-0.4, -0.2) is 31.4 Å². The molecule has 6 rings (SSSR count). The minimum absolute atomic E-state index is 0.128. The van der Waals surface area contributed by atoms with Crippen molar-refractivity contribution in [1.82, 2.24) is 24.3 Å². The summed E-state index contributed by atoms with van der Waals surface area (Å²) in [5.74, 6) is 2.44. The SMILES string of the molecule is COc1ccccc1Cn1c(=O)c2ccccc2n2c(SCc3cc(-c4ccccc4)on3)nnc12. The summed E-state index contributed by atoms with van der Waals surface area (Å²) in [6, 6.07) is 26.9. The minimum atomic E-state index is -0.128. The van der Waals surface area contributed by atoms with Crippen molar-refractivity contribution in [3.63, 3.8) is 0 Å². The second-order valence-corrected chi connectivity index (χ2v) is 9.12. The predicted octanol–water partition coefficient (Wildman–Crippen LogP) is 5.05. The molecule has 0 amide bonds. The normalized spacial score (nSPS) is 11.4. The van der Waals surface area contributed by atoms with Crippen LogP contribution in [0.2, 0.25) is 0 Å². The largest absolute Gasteiger partial charge is 0.496 e. The van der Waals surface area contributed by atoms with E-state index in [-0.39, 0.29) is 5.56 Å². The molecule has 3 aromatic heterocycles. The molecule has 0 N–H and O–H groups in total. The molecule has 0 aliphatic carbocycles. The van der Waals surface area contributed by atoms with Crippen molar-refractivity contribution >= 4 is 28.4 Å². The zero-order valence-electron chi connectivity index (χ0n) is 19.4. The zero-order chi connectivity index (χ0) is 24.5. The summed E-state index contributed by atoms with van der Waals surface area (Å²) < 4.78 is 14.6. The molecule has 0 spiro atoms. The van der Waals surface area contributed by atoms with Crippen LogP contribution in [0.5, 0.6) is 5.75 Å². The standard InChI is InChI=1S/C27H21N5O3S/c1-34-23-14-8-5-11-19(23)16-31-25(33)21-12-6-7-13-22(21)32-26(31)28-29-27(32)36-17-20-15-24(35-30-20)18-9-3-2-4-10-18/h2-15H,16-17H2,1H3. The molecule has 0 aliphatic heterocycles. The Balaban J connectivity index is 1.39. The van der Waals surface area contributed by atoms with E-state index < -0.39 is 0 Å². The molecule has 8 nitrogen and oxygen atoms in total. The first-order valence-corrected chi connectivity index (χ1v) is 12.3. The van der Waals surface area contributed by atoms with Crippen LogP contribution in [0.3, 0.4) is 0 Å². The number of hydrogen-bond donors (Lipinski definition) is 0. The summed E-state index contributed by atoms with van der Waals surface area (Å²) >= 11 is 1.49. The minimum Gasteiger partial charge on any atom is -0.496 e. The number of fused-ring (bicyclic) bond motifs is 3. The fraction of sp³-hybridized carbons (Fsp3) is 0.111. The molecule has 0 saturated carbocycles. The first-order valence-electron chi connectivity index (χ1n) is 11.4. The first kappa shape index (κ1) is 22.1. The highest BCUT2D eigenvalue weighted by Gasteiger charge is 2.18. The van der Waals surface area contributed by atoms with E-state index in [1.165, 1.54) is 11.8 Å². The lowest BCUT2D eigenvalue weighted by Crippen LogP contribution is -2.24. The Morgan fingerprint density at radius 1 is 0.944 bits per heavy atom. The predicted molar refractivity (Wildman–Crippen MR) is 138 cm³/mol. The third-order valence-electron chi connectivity index (χ3n) is 5.97. The number of aromatic nitrogens is 5. The van der Waals surface area contributed by atoms with Gasteiger partial charge in [-0.05, 0) is 18.2 Å². The van der Waals surface area contributed by atoms with Crippen LogP contribution in [-0.2, 0) is 12.3 Å².